The second kappa shape index (κ2) is 2.98. The van der Waals surface area contributed by atoms with E-state index in [9.17, 15) is 4.79 Å². The van der Waals surface area contributed by atoms with Gasteiger partial charge in [0, 0.05) is 18.7 Å². The molecule has 0 unspecified atom stereocenters. The van der Waals surface area contributed by atoms with Gasteiger partial charge in [-0.15, -0.1) is 0 Å². The molecular formula is C10H15N3O. The van der Waals surface area contributed by atoms with Crippen molar-refractivity contribution in [2.45, 2.75) is 32.4 Å². The van der Waals surface area contributed by atoms with Gasteiger partial charge in [0.2, 0.25) is 0 Å². The molecule has 14 heavy (non-hydrogen) atoms. The molecule has 1 aliphatic carbocycles. The number of H-pyrrole nitrogens is 1. The highest BCUT2D eigenvalue weighted by Gasteiger charge is 2.24. The number of aromatic nitrogens is 2. The monoisotopic (exact) mass is 193 g/mol. The molecule has 1 fully saturated rings. The van der Waals surface area contributed by atoms with E-state index in [2.05, 4.69) is 10.4 Å². The highest BCUT2D eigenvalue weighted by Crippen LogP contribution is 2.30. The first kappa shape index (κ1) is 8.29. The highest BCUT2D eigenvalue weighted by atomic mass is 16.1. The summed E-state index contributed by atoms with van der Waals surface area (Å²) in [4.78, 5) is 11.9. The molecule has 0 atom stereocenters. The Bertz CT molecular complexity index is 400. The summed E-state index contributed by atoms with van der Waals surface area (Å²) in [5, 5.41) is 6.48. The van der Waals surface area contributed by atoms with Crippen molar-refractivity contribution in [3.63, 3.8) is 0 Å². The van der Waals surface area contributed by atoms with E-state index in [-0.39, 0.29) is 5.56 Å². The van der Waals surface area contributed by atoms with Crippen molar-refractivity contribution < 1.29 is 0 Å². The van der Waals surface area contributed by atoms with E-state index in [1.54, 1.807) is 4.68 Å². The van der Waals surface area contributed by atoms with E-state index in [4.69, 9.17) is 0 Å². The Morgan fingerprint density at radius 2 is 2.29 bits per heavy atom. The smallest absolute Gasteiger partial charge is 0.270 e. The Morgan fingerprint density at radius 3 is 3.00 bits per heavy atom. The van der Waals surface area contributed by atoms with Crippen molar-refractivity contribution in [2.24, 2.45) is 5.92 Å². The zero-order valence-electron chi connectivity index (χ0n) is 8.18. The van der Waals surface area contributed by atoms with Gasteiger partial charge in [-0.2, -0.15) is 0 Å². The molecule has 76 valence electrons. The quantitative estimate of drug-likeness (QED) is 0.706. The maximum absolute atomic E-state index is 11.9. The SMILES string of the molecule is O=c1c2c([nH]n1CC1CC1)CNCC2. The average molecular weight is 193 g/mol. The fourth-order valence-electron chi connectivity index (χ4n) is 2.09. The van der Waals surface area contributed by atoms with E-state index in [0.717, 1.165) is 43.2 Å². The van der Waals surface area contributed by atoms with E-state index in [1.165, 1.54) is 12.8 Å². The lowest BCUT2D eigenvalue weighted by Gasteiger charge is -2.09. The average Bonchev–Trinajstić information content (AvgIpc) is 2.95. The molecule has 2 N–H and O–H groups in total. The fourth-order valence-corrected chi connectivity index (χ4v) is 2.09. The van der Waals surface area contributed by atoms with Gasteiger partial charge in [0.15, 0.2) is 0 Å². The molecule has 0 spiro atoms. The highest BCUT2D eigenvalue weighted by molar-refractivity contribution is 5.20. The van der Waals surface area contributed by atoms with Crippen LogP contribution in [0.5, 0.6) is 0 Å². The lowest BCUT2D eigenvalue weighted by molar-refractivity contribution is 0.539. The molecule has 4 nitrogen and oxygen atoms in total. The van der Waals surface area contributed by atoms with Gasteiger partial charge in [0.1, 0.15) is 0 Å². The van der Waals surface area contributed by atoms with Crippen LogP contribution in [0.25, 0.3) is 0 Å². The van der Waals surface area contributed by atoms with Crippen LogP contribution in [0.2, 0.25) is 0 Å². The standard InChI is InChI=1S/C10H15N3O/c14-10-8-3-4-11-5-9(8)12-13(10)6-7-1-2-7/h7,11-12H,1-6H2. The predicted molar refractivity (Wildman–Crippen MR) is 53.2 cm³/mol. The molecule has 0 amide bonds. The Labute approximate surface area is 82.3 Å². The van der Waals surface area contributed by atoms with Crippen molar-refractivity contribution in [2.75, 3.05) is 6.54 Å². The van der Waals surface area contributed by atoms with Crippen molar-refractivity contribution in [3.05, 3.63) is 21.6 Å². The molecule has 0 saturated heterocycles. The lowest BCUT2D eigenvalue weighted by Crippen LogP contribution is -2.26. The predicted octanol–water partition coefficient (Wildman–Crippen LogP) is 0.232. The lowest BCUT2D eigenvalue weighted by atomic mass is 10.1. The Kier molecular flexibility index (Phi) is 1.77. The molecule has 1 aromatic rings. The molecule has 1 saturated carbocycles. The zero-order chi connectivity index (χ0) is 9.54. The summed E-state index contributed by atoms with van der Waals surface area (Å²) in [7, 11) is 0. The van der Waals surface area contributed by atoms with Gasteiger partial charge in [0.25, 0.3) is 5.56 Å². The van der Waals surface area contributed by atoms with Gasteiger partial charge in [-0.3, -0.25) is 14.6 Å². The van der Waals surface area contributed by atoms with Gasteiger partial charge < -0.3 is 5.32 Å². The minimum absolute atomic E-state index is 0.216. The van der Waals surface area contributed by atoms with Crippen LogP contribution >= 0.6 is 0 Å². The van der Waals surface area contributed by atoms with Gasteiger partial charge in [-0.05, 0) is 31.7 Å². The second-order valence-electron chi connectivity index (χ2n) is 4.35. The third kappa shape index (κ3) is 1.30. The number of fused-ring (bicyclic) bond motifs is 1. The second-order valence-corrected chi connectivity index (χ2v) is 4.35. The number of hydrogen-bond acceptors (Lipinski definition) is 2. The third-order valence-electron chi connectivity index (χ3n) is 3.13. The first-order chi connectivity index (χ1) is 6.84. The van der Waals surface area contributed by atoms with Crippen LogP contribution in [0.4, 0.5) is 0 Å². The molecule has 0 bridgehead atoms. The maximum atomic E-state index is 11.9. The van der Waals surface area contributed by atoms with Crippen LogP contribution in [-0.2, 0) is 19.5 Å². The molecule has 1 aromatic heterocycles. The van der Waals surface area contributed by atoms with Gasteiger partial charge in [-0.1, -0.05) is 0 Å². The molecule has 0 aromatic carbocycles. The van der Waals surface area contributed by atoms with E-state index >= 15 is 0 Å². The number of aromatic amines is 1. The summed E-state index contributed by atoms with van der Waals surface area (Å²) < 4.78 is 1.80. The topological polar surface area (TPSA) is 49.8 Å². The summed E-state index contributed by atoms with van der Waals surface area (Å²) in [6, 6.07) is 0. The molecule has 4 heteroatoms. The number of hydrogen-bond donors (Lipinski definition) is 2. The molecular weight excluding hydrogens is 178 g/mol. The third-order valence-corrected chi connectivity index (χ3v) is 3.13. The van der Waals surface area contributed by atoms with Crippen molar-refractivity contribution in [3.8, 4) is 0 Å². The van der Waals surface area contributed by atoms with Crippen LogP contribution in [0.1, 0.15) is 24.1 Å². The summed E-state index contributed by atoms with van der Waals surface area (Å²) >= 11 is 0. The molecule has 1 aliphatic heterocycles. The largest absolute Gasteiger partial charge is 0.311 e. The number of rotatable bonds is 2. The minimum Gasteiger partial charge on any atom is -0.311 e. The fraction of sp³-hybridized carbons (Fsp3) is 0.700. The van der Waals surface area contributed by atoms with Crippen molar-refractivity contribution in [1.29, 1.82) is 0 Å². The Hall–Kier alpha value is -1.03. The Morgan fingerprint density at radius 1 is 1.43 bits per heavy atom. The van der Waals surface area contributed by atoms with Crippen LogP contribution in [0.3, 0.4) is 0 Å². The van der Waals surface area contributed by atoms with Crippen LogP contribution in [0, 0.1) is 5.92 Å². The summed E-state index contributed by atoms with van der Waals surface area (Å²) in [5.41, 5.74) is 2.32. The molecule has 0 radical (unpaired) electrons. The zero-order valence-corrected chi connectivity index (χ0v) is 8.18. The van der Waals surface area contributed by atoms with Crippen LogP contribution < -0.4 is 10.9 Å². The summed E-state index contributed by atoms with van der Waals surface area (Å²) in [6.07, 6.45) is 3.45. The molecule has 2 heterocycles. The summed E-state index contributed by atoms with van der Waals surface area (Å²) in [5.74, 6) is 0.751. The first-order valence-corrected chi connectivity index (χ1v) is 5.36. The van der Waals surface area contributed by atoms with Gasteiger partial charge in [-0.25, -0.2) is 0 Å². The minimum atomic E-state index is 0.216. The Balaban J connectivity index is 1.95. The normalized spacial score (nSPS) is 20.9. The number of nitrogens with one attached hydrogen (secondary N) is 2. The first-order valence-electron chi connectivity index (χ1n) is 5.36. The van der Waals surface area contributed by atoms with E-state index in [0.29, 0.717) is 0 Å². The molecule has 3 rings (SSSR count). The van der Waals surface area contributed by atoms with Crippen molar-refractivity contribution >= 4 is 0 Å². The van der Waals surface area contributed by atoms with Gasteiger partial charge in [0.05, 0.1) is 5.69 Å². The van der Waals surface area contributed by atoms with E-state index < -0.39 is 0 Å². The molecule has 2 aliphatic rings. The van der Waals surface area contributed by atoms with Crippen LogP contribution in [0.15, 0.2) is 4.79 Å². The maximum Gasteiger partial charge on any atom is 0.270 e. The van der Waals surface area contributed by atoms with E-state index in [1.807, 2.05) is 0 Å². The van der Waals surface area contributed by atoms with Crippen molar-refractivity contribution in [1.82, 2.24) is 15.1 Å². The summed E-state index contributed by atoms with van der Waals surface area (Å²) in [6.45, 7) is 2.65. The van der Waals surface area contributed by atoms with Crippen LogP contribution in [-0.4, -0.2) is 16.3 Å². The number of nitrogens with zero attached hydrogens (tertiary/aromatic N) is 1. The van der Waals surface area contributed by atoms with Gasteiger partial charge >= 0.3 is 0 Å².